The van der Waals surface area contributed by atoms with Crippen LogP contribution in [-0.2, 0) is 0 Å². The summed E-state index contributed by atoms with van der Waals surface area (Å²) in [5.41, 5.74) is 6.54. The SMILES string of the molecule is COc1cc(N)ccc1NC(=O)c1ccccc1F. The maximum absolute atomic E-state index is 13.5. The Morgan fingerprint density at radius 1 is 1.26 bits per heavy atom. The van der Waals surface area contributed by atoms with E-state index in [1.165, 1.54) is 25.3 Å². The van der Waals surface area contributed by atoms with Crippen LogP contribution in [0.15, 0.2) is 42.5 Å². The van der Waals surface area contributed by atoms with Gasteiger partial charge in [0, 0.05) is 11.8 Å². The Balaban J connectivity index is 2.27. The number of hydrogen-bond donors (Lipinski definition) is 2. The Hall–Kier alpha value is -2.56. The quantitative estimate of drug-likeness (QED) is 0.834. The Morgan fingerprint density at radius 2 is 2.00 bits per heavy atom. The van der Waals surface area contributed by atoms with Crippen molar-refractivity contribution in [3.63, 3.8) is 0 Å². The molecule has 0 bridgehead atoms. The Labute approximate surface area is 110 Å². The fraction of sp³-hybridized carbons (Fsp3) is 0.0714. The van der Waals surface area contributed by atoms with E-state index in [0.29, 0.717) is 17.1 Å². The van der Waals surface area contributed by atoms with Crippen LogP contribution in [0.2, 0.25) is 0 Å². The number of methoxy groups -OCH3 is 1. The monoisotopic (exact) mass is 260 g/mol. The number of halogens is 1. The molecule has 19 heavy (non-hydrogen) atoms. The van der Waals surface area contributed by atoms with Crippen LogP contribution in [0.4, 0.5) is 15.8 Å². The van der Waals surface area contributed by atoms with Crippen molar-refractivity contribution in [3.8, 4) is 5.75 Å². The highest BCUT2D eigenvalue weighted by Gasteiger charge is 2.13. The summed E-state index contributed by atoms with van der Waals surface area (Å²) in [4.78, 5) is 12.0. The minimum absolute atomic E-state index is 0.0265. The summed E-state index contributed by atoms with van der Waals surface area (Å²) in [7, 11) is 1.47. The normalized spacial score (nSPS) is 10.0. The average Bonchev–Trinajstić information content (AvgIpc) is 2.41. The highest BCUT2D eigenvalue weighted by atomic mass is 19.1. The van der Waals surface area contributed by atoms with Gasteiger partial charge in [-0.3, -0.25) is 4.79 Å². The molecular formula is C14H13FN2O2. The minimum atomic E-state index is -0.575. The van der Waals surface area contributed by atoms with E-state index in [0.717, 1.165) is 0 Å². The number of benzene rings is 2. The molecule has 2 aromatic carbocycles. The number of anilines is 2. The van der Waals surface area contributed by atoms with Gasteiger partial charge in [-0.2, -0.15) is 0 Å². The van der Waals surface area contributed by atoms with Gasteiger partial charge in [0.2, 0.25) is 0 Å². The first-order valence-corrected chi connectivity index (χ1v) is 5.61. The summed E-state index contributed by atoms with van der Waals surface area (Å²) < 4.78 is 18.6. The highest BCUT2D eigenvalue weighted by molar-refractivity contribution is 6.05. The van der Waals surface area contributed by atoms with Crippen LogP contribution in [0.1, 0.15) is 10.4 Å². The van der Waals surface area contributed by atoms with E-state index in [4.69, 9.17) is 10.5 Å². The number of hydrogen-bond acceptors (Lipinski definition) is 3. The van der Waals surface area contributed by atoms with Crippen molar-refractivity contribution in [1.29, 1.82) is 0 Å². The second-order valence-corrected chi connectivity index (χ2v) is 3.89. The molecule has 0 aliphatic carbocycles. The van der Waals surface area contributed by atoms with Crippen LogP contribution in [0.25, 0.3) is 0 Å². The summed E-state index contributed by atoms with van der Waals surface area (Å²) in [6.07, 6.45) is 0. The standard InChI is InChI=1S/C14H13FN2O2/c1-19-13-8-9(16)6-7-12(13)17-14(18)10-4-2-3-5-11(10)15/h2-8H,16H2,1H3,(H,17,18). The van der Waals surface area contributed by atoms with Crippen molar-refractivity contribution in [2.24, 2.45) is 0 Å². The van der Waals surface area contributed by atoms with Gasteiger partial charge in [-0.15, -0.1) is 0 Å². The predicted octanol–water partition coefficient (Wildman–Crippen LogP) is 2.67. The molecular weight excluding hydrogens is 247 g/mol. The number of carbonyl (C=O) groups excluding carboxylic acids is 1. The predicted molar refractivity (Wildman–Crippen MR) is 71.8 cm³/mol. The summed E-state index contributed by atoms with van der Waals surface area (Å²) >= 11 is 0. The lowest BCUT2D eigenvalue weighted by Crippen LogP contribution is -2.14. The van der Waals surface area contributed by atoms with Gasteiger partial charge in [0.25, 0.3) is 5.91 Å². The summed E-state index contributed by atoms with van der Waals surface area (Å²) in [6.45, 7) is 0. The Bertz CT molecular complexity index is 614. The van der Waals surface area contributed by atoms with Crippen molar-refractivity contribution in [1.82, 2.24) is 0 Å². The summed E-state index contributed by atoms with van der Waals surface area (Å²) in [5, 5.41) is 2.59. The average molecular weight is 260 g/mol. The largest absolute Gasteiger partial charge is 0.494 e. The van der Waals surface area contributed by atoms with Crippen molar-refractivity contribution >= 4 is 17.3 Å². The van der Waals surface area contributed by atoms with Crippen molar-refractivity contribution in [2.45, 2.75) is 0 Å². The summed E-state index contributed by atoms with van der Waals surface area (Å²) in [6, 6.07) is 10.6. The Kier molecular flexibility index (Phi) is 3.66. The van der Waals surface area contributed by atoms with Crippen LogP contribution >= 0.6 is 0 Å². The van der Waals surface area contributed by atoms with Gasteiger partial charge in [-0.25, -0.2) is 4.39 Å². The van der Waals surface area contributed by atoms with Crippen LogP contribution in [-0.4, -0.2) is 13.0 Å². The third kappa shape index (κ3) is 2.82. The number of nitrogens with one attached hydrogen (secondary N) is 1. The lowest BCUT2D eigenvalue weighted by molar-refractivity contribution is 0.102. The van der Waals surface area contributed by atoms with E-state index in [2.05, 4.69) is 5.32 Å². The van der Waals surface area contributed by atoms with E-state index in [1.807, 2.05) is 0 Å². The van der Waals surface area contributed by atoms with Gasteiger partial charge < -0.3 is 15.8 Å². The Morgan fingerprint density at radius 3 is 2.68 bits per heavy atom. The lowest BCUT2D eigenvalue weighted by Gasteiger charge is -2.11. The number of amides is 1. The van der Waals surface area contributed by atoms with Gasteiger partial charge >= 0.3 is 0 Å². The maximum atomic E-state index is 13.5. The van der Waals surface area contributed by atoms with Gasteiger partial charge in [0.15, 0.2) is 0 Å². The minimum Gasteiger partial charge on any atom is -0.494 e. The molecule has 0 spiro atoms. The molecule has 2 aromatic rings. The fourth-order valence-corrected chi connectivity index (χ4v) is 1.65. The van der Waals surface area contributed by atoms with Crippen LogP contribution in [0.3, 0.4) is 0 Å². The second-order valence-electron chi connectivity index (χ2n) is 3.89. The number of ether oxygens (including phenoxy) is 1. The molecule has 0 saturated heterocycles. The van der Waals surface area contributed by atoms with Crippen LogP contribution in [0, 0.1) is 5.82 Å². The first kappa shape index (κ1) is 12.9. The topological polar surface area (TPSA) is 64.3 Å². The molecule has 0 saturated carbocycles. The first-order chi connectivity index (χ1) is 9.11. The van der Waals surface area contributed by atoms with Gasteiger partial charge in [-0.05, 0) is 24.3 Å². The highest BCUT2D eigenvalue weighted by Crippen LogP contribution is 2.27. The van der Waals surface area contributed by atoms with E-state index in [9.17, 15) is 9.18 Å². The molecule has 0 aromatic heterocycles. The molecule has 0 unspecified atom stereocenters. The van der Waals surface area contributed by atoms with E-state index < -0.39 is 11.7 Å². The molecule has 3 N–H and O–H groups in total. The second kappa shape index (κ2) is 5.39. The number of nitrogens with two attached hydrogens (primary N) is 1. The third-order valence-electron chi connectivity index (χ3n) is 2.59. The lowest BCUT2D eigenvalue weighted by atomic mass is 10.2. The molecule has 1 amide bonds. The molecule has 4 nitrogen and oxygen atoms in total. The zero-order valence-corrected chi connectivity index (χ0v) is 10.3. The maximum Gasteiger partial charge on any atom is 0.258 e. The van der Waals surface area contributed by atoms with Crippen LogP contribution < -0.4 is 15.8 Å². The van der Waals surface area contributed by atoms with Gasteiger partial charge in [0.1, 0.15) is 11.6 Å². The zero-order chi connectivity index (χ0) is 13.8. The summed E-state index contributed by atoms with van der Waals surface area (Å²) in [5.74, 6) is -0.694. The molecule has 0 aliphatic heterocycles. The fourth-order valence-electron chi connectivity index (χ4n) is 1.65. The molecule has 5 heteroatoms. The van der Waals surface area contributed by atoms with Crippen molar-refractivity contribution in [2.75, 3.05) is 18.2 Å². The number of carbonyl (C=O) groups is 1. The van der Waals surface area contributed by atoms with E-state index in [-0.39, 0.29) is 5.56 Å². The zero-order valence-electron chi connectivity index (χ0n) is 10.3. The smallest absolute Gasteiger partial charge is 0.258 e. The van der Waals surface area contributed by atoms with Crippen LogP contribution in [0.5, 0.6) is 5.75 Å². The number of rotatable bonds is 3. The molecule has 0 radical (unpaired) electrons. The third-order valence-corrected chi connectivity index (χ3v) is 2.59. The first-order valence-electron chi connectivity index (χ1n) is 5.61. The molecule has 0 heterocycles. The molecule has 0 fully saturated rings. The van der Waals surface area contributed by atoms with Crippen molar-refractivity contribution < 1.29 is 13.9 Å². The molecule has 0 aliphatic rings. The van der Waals surface area contributed by atoms with E-state index in [1.54, 1.807) is 24.3 Å². The molecule has 98 valence electrons. The van der Waals surface area contributed by atoms with Gasteiger partial charge in [0.05, 0.1) is 18.4 Å². The molecule has 2 rings (SSSR count). The molecule has 0 atom stereocenters. The van der Waals surface area contributed by atoms with Crippen molar-refractivity contribution in [3.05, 3.63) is 53.8 Å². The number of nitrogen functional groups attached to an aromatic ring is 1. The van der Waals surface area contributed by atoms with E-state index >= 15 is 0 Å². The van der Waals surface area contributed by atoms with Gasteiger partial charge in [-0.1, -0.05) is 12.1 Å².